The Balaban J connectivity index is 2.47. The number of anilines is 2. The maximum Gasteiger partial charge on any atom is 0.106 e. The fourth-order valence-corrected chi connectivity index (χ4v) is 2.98. The molecule has 0 aliphatic heterocycles. The van der Waals surface area contributed by atoms with Gasteiger partial charge in [0.05, 0.1) is 5.69 Å². The summed E-state index contributed by atoms with van der Waals surface area (Å²) in [6.45, 7) is 1.95. The van der Waals surface area contributed by atoms with Crippen LogP contribution in [0.25, 0.3) is 0 Å². The Bertz CT molecular complexity index is 689. The van der Waals surface area contributed by atoms with Crippen LogP contribution in [0.2, 0.25) is 5.02 Å². The molecule has 0 fully saturated rings. The van der Waals surface area contributed by atoms with Crippen molar-refractivity contribution < 1.29 is 0 Å². The molecular formula is C14H11Br2ClN2S. The fraction of sp³-hybridized carbons (Fsp3) is 0.0714. The standard InChI is InChI=1S/C14H11Br2ClN2S/c1-7-4-10(16)13(6-11(7)17)19-12-5-8(15)2-3-9(12)14(18)20/h2-6,19H,1H3,(H2,18,20). The molecule has 0 radical (unpaired) electrons. The van der Waals surface area contributed by atoms with E-state index in [2.05, 4.69) is 37.2 Å². The van der Waals surface area contributed by atoms with Crippen molar-refractivity contribution in [3.63, 3.8) is 0 Å². The highest BCUT2D eigenvalue weighted by Gasteiger charge is 2.09. The molecule has 0 aliphatic rings. The molecule has 0 spiro atoms. The van der Waals surface area contributed by atoms with E-state index in [1.165, 1.54) is 0 Å². The molecule has 6 heteroatoms. The van der Waals surface area contributed by atoms with Crippen molar-refractivity contribution in [3.05, 3.63) is 55.4 Å². The van der Waals surface area contributed by atoms with Crippen LogP contribution in [-0.2, 0) is 0 Å². The van der Waals surface area contributed by atoms with Crippen molar-refractivity contribution in [1.29, 1.82) is 0 Å². The van der Waals surface area contributed by atoms with Crippen LogP contribution in [0, 0.1) is 6.92 Å². The first kappa shape index (κ1) is 15.8. The maximum absolute atomic E-state index is 6.17. The van der Waals surface area contributed by atoms with E-state index in [4.69, 9.17) is 29.6 Å². The molecule has 104 valence electrons. The Morgan fingerprint density at radius 1 is 1.20 bits per heavy atom. The zero-order valence-electron chi connectivity index (χ0n) is 10.5. The van der Waals surface area contributed by atoms with Gasteiger partial charge in [-0.1, -0.05) is 39.7 Å². The van der Waals surface area contributed by atoms with Gasteiger partial charge >= 0.3 is 0 Å². The number of nitrogens with one attached hydrogen (secondary N) is 1. The SMILES string of the molecule is Cc1cc(Br)c(Nc2cc(Br)ccc2C(N)=S)cc1Cl. The minimum atomic E-state index is 0.342. The zero-order valence-corrected chi connectivity index (χ0v) is 15.3. The van der Waals surface area contributed by atoms with E-state index in [9.17, 15) is 0 Å². The zero-order chi connectivity index (χ0) is 14.9. The minimum Gasteiger partial charge on any atom is -0.389 e. The first-order valence-corrected chi connectivity index (χ1v) is 8.07. The normalized spacial score (nSPS) is 10.4. The van der Waals surface area contributed by atoms with Crippen LogP contribution in [0.15, 0.2) is 39.3 Å². The van der Waals surface area contributed by atoms with Gasteiger partial charge in [0.25, 0.3) is 0 Å². The highest BCUT2D eigenvalue weighted by atomic mass is 79.9. The maximum atomic E-state index is 6.17. The lowest BCUT2D eigenvalue weighted by atomic mass is 10.1. The van der Waals surface area contributed by atoms with E-state index >= 15 is 0 Å². The first-order chi connectivity index (χ1) is 9.38. The van der Waals surface area contributed by atoms with Crippen molar-refractivity contribution in [1.82, 2.24) is 0 Å². The lowest BCUT2D eigenvalue weighted by Gasteiger charge is -2.14. The molecule has 0 atom stereocenters. The summed E-state index contributed by atoms with van der Waals surface area (Å²) in [5.74, 6) is 0. The van der Waals surface area contributed by atoms with E-state index < -0.39 is 0 Å². The smallest absolute Gasteiger partial charge is 0.106 e. The largest absolute Gasteiger partial charge is 0.389 e. The van der Waals surface area contributed by atoms with Crippen LogP contribution in [0.5, 0.6) is 0 Å². The molecule has 0 bridgehead atoms. The highest BCUT2D eigenvalue weighted by molar-refractivity contribution is 9.10. The molecule has 20 heavy (non-hydrogen) atoms. The second kappa shape index (κ2) is 6.43. The third kappa shape index (κ3) is 3.52. The number of rotatable bonds is 3. The summed E-state index contributed by atoms with van der Waals surface area (Å²) in [6, 6.07) is 9.53. The number of hydrogen-bond acceptors (Lipinski definition) is 2. The lowest BCUT2D eigenvalue weighted by Crippen LogP contribution is -2.12. The lowest BCUT2D eigenvalue weighted by molar-refractivity contribution is 1.42. The van der Waals surface area contributed by atoms with Crippen LogP contribution in [0.1, 0.15) is 11.1 Å². The van der Waals surface area contributed by atoms with Crippen LogP contribution in [0.4, 0.5) is 11.4 Å². The average Bonchev–Trinajstić information content (AvgIpc) is 2.35. The Kier molecular flexibility index (Phi) is 5.07. The van der Waals surface area contributed by atoms with Crippen LogP contribution < -0.4 is 11.1 Å². The number of aryl methyl sites for hydroxylation is 1. The van der Waals surface area contributed by atoms with Gasteiger partial charge in [-0.15, -0.1) is 0 Å². The molecular weight excluding hydrogens is 423 g/mol. The molecule has 0 aromatic heterocycles. The molecule has 2 aromatic carbocycles. The Morgan fingerprint density at radius 3 is 2.55 bits per heavy atom. The van der Waals surface area contributed by atoms with E-state index in [0.29, 0.717) is 10.0 Å². The first-order valence-electron chi connectivity index (χ1n) is 5.70. The molecule has 2 nitrogen and oxygen atoms in total. The second-order valence-electron chi connectivity index (χ2n) is 4.26. The van der Waals surface area contributed by atoms with E-state index in [1.54, 1.807) is 0 Å². The van der Waals surface area contributed by atoms with Crippen molar-refractivity contribution in [2.45, 2.75) is 6.92 Å². The molecule has 3 N–H and O–H groups in total. The van der Waals surface area contributed by atoms with Gasteiger partial charge in [0, 0.05) is 25.2 Å². The van der Waals surface area contributed by atoms with Crippen LogP contribution in [0.3, 0.4) is 0 Å². The fourth-order valence-electron chi connectivity index (χ4n) is 1.72. The Labute approximate surface area is 145 Å². The van der Waals surface area contributed by atoms with Gasteiger partial charge in [0.2, 0.25) is 0 Å². The quantitative estimate of drug-likeness (QED) is 0.622. The number of thiocarbonyl (C=S) groups is 1. The number of hydrogen-bond donors (Lipinski definition) is 2. The minimum absolute atomic E-state index is 0.342. The van der Waals surface area contributed by atoms with Crippen molar-refractivity contribution >= 4 is 72.0 Å². The summed E-state index contributed by atoms with van der Waals surface area (Å²) in [5, 5.41) is 4.00. The molecule has 0 heterocycles. The highest BCUT2D eigenvalue weighted by Crippen LogP contribution is 2.33. The summed E-state index contributed by atoms with van der Waals surface area (Å²) < 4.78 is 1.86. The van der Waals surface area contributed by atoms with Crippen molar-refractivity contribution in [3.8, 4) is 0 Å². The topological polar surface area (TPSA) is 38.0 Å². The monoisotopic (exact) mass is 432 g/mol. The number of benzene rings is 2. The van der Waals surface area contributed by atoms with Gasteiger partial charge in [-0.05, 0) is 58.7 Å². The Morgan fingerprint density at radius 2 is 1.90 bits per heavy atom. The van der Waals surface area contributed by atoms with Gasteiger partial charge in [0.15, 0.2) is 0 Å². The second-order valence-corrected chi connectivity index (χ2v) is 6.88. The molecule has 2 aromatic rings. The van der Waals surface area contributed by atoms with Crippen molar-refractivity contribution in [2.24, 2.45) is 5.73 Å². The number of nitrogens with two attached hydrogens (primary N) is 1. The van der Waals surface area contributed by atoms with Crippen LogP contribution in [-0.4, -0.2) is 4.99 Å². The van der Waals surface area contributed by atoms with Gasteiger partial charge in [0.1, 0.15) is 4.99 Å². The van der Waals surface area contributed by atoms with Gasteiger partial charge in [-0.2, -0.15) is 0 Å². The van der Waals surface area contributed by atoms with Gasteiger partial charge < -0.3 is 11.1 Å². The molecule has 0 saturated heterocycles. The summed E-state index contributed by atoms with van der Waals surface area (Å²) in [6.07, 6.45) is 0. The summed E-state index contributed by atoms with van der Waals surface area (Å²) >= 11 is 18.2. The van der Waals surface area contributed by atoms with Gasteiger partial charge in [-0.3, -0.25) is 0 Å². The predicted octanol–water partition coefficient (Wildman–Crippen LogP) is 5.55. The van der Waals surface area contributed by atoms with Crippen molar-refractivity contribution in [2.75, 3.05) is 5.32 Å². The summed E-state index contributed by atoms with van der Waals surface area (Å²) in [4.78, 5) is 0.342. The van der Waals surface area contributed by atoms with E-state index in [-0.39, 0.29) is 0 Å². The third-order valence-corrected chi connectivity index (χ3v) is 4.54. The molecule has 0 unspecified atom stereocenters. The number of halogens is 3. The Hall–Kier alpha value is -0.620. The molecule has 0 amide bonds. The predicted molar refractivity (Wildman–Crippen MR) is 97.2 cm³/mol. The summed E-state index contributed by atoms with van der Waals surface area (Å²) in [5.41, 5.74) is 9.22. The van der Waals surface area contributed by atoms with E-state index in [1.807, 2.05) is 37.3 Å². The molecule has 2 rings (SSSR count). The molecule has 0 saturated carbocycles. The van der Waals surface area contributed by atoms with Crippen LogP contribution >= 0.6 is 55.7 Å². The average molecular weight is 435 g/mol. The molecule has 0 aliphatic carbocycles. The summed E-state index contributed by atoms with van der Waals surface area (Å²) in [7, 11) is 0. The van der Waals surface area contributed by atoms with E-state index in [0.717, 1.165) is 31.4 Å². The third-order valence-electron chi connectivity index (χ3n) is 2.76. The van der Waals surface area contributed by atoms with Gasteiger partial charge in [-0.25, -0.2) is 0 Å².